The number of hydrogen-bond donors (Lipinski definition) is 2. The Morgan fingerprint density at radius 1 is 0.821 bits per heavy atom. The number of aryl methyl sites for hydroxylation is 1. The van der Waals surface area contributed by atoms with E-state index in [0.717, 1.165) is 5.56 Å². The molecule has 5 heteroatoms. The number of carbonyl (C=O) groups excluding carboxylic acids is 2. The summed E-state index contributed by atoms with van der Waals surface area (Å²) in [7, 11) is 0. The van der Waals surface area contributed by atoms with E-state index in [1.165, 1.54) is 5.56 Å². The number of nitrogens with one attached hydrogen (secondary N) is 1. The molecule has 0 heterocycles. The van der Waals surface area contributed by atoms with Crippen molar-refractivity contribution in [3.8, 4) is 11.5 Å². The number of amides is 2. The number of rotatable bonds is 6. The highest BCUT2D eigenvalue weighted by molar-refractivity contribution is 5.94. The Balaban J connectivity index is 1.62. The van der Waals surface area contributed by atoms with Crippen LogP contribution in [0.2, 0.25) is 0 Å². The highest BCUT2D eigenvalue weighted by Crippen LogP contribution is 2.22. The van der Waals surface area contributed by atoms with E-state index in [1.54, 1.807) is 48.5 Å². The minimum Gasteiger partial charge on any atom is -0.457 e. The first kappa shape index (κ1) is 19.2. The molecular weight excluding hydrogens is 352 g/mol. The topological polar surface area (TPSA) is 81.4 Å². The number of nitrogens with two attached hydrogens (primary N) is 1. The van der Waals surface area contributed by atoms with Crippen LogP contribution < -0.4 is 15.8 Å². The smallest absolute Gasteiger partial charge is 0.251 e. The predicted octanol–water partition coefficient (Wildman–Crippen LogP) is 4.38. The van der Waals surface area contributed by atoms with Crippen molar-refractivity contribution in [2.24, 2.45) is 5.73 Å². The van der Waals surface area contributed by atoms with Crippen LogP contribution in [0.3, 0.4) is 0 Å². The van der Waals surface area contributed by atoms with E-state index in [1.807, 2.05) is 38.1 Å². The maximum atomic E-state index is 12.5. The summed E-state index contributed by atoms with van der Waals surface area (Å²) in [4.78, 5) is 23.6. The van der Waals surface area contributed by atoms with Gasteiger partial charge in [0.2, 0.25) is 5.91 Å². The van der Waals surface area contributed by atoms with Crippen molar-refractivity contribution < 1.29 is 14.3 Å². The average molecular weight is 374 g/mol. The molecule has 3 rings (SSSR count). The van der Waals surface area contributed by atoms with Crippen LogP contribution in [-0.2, 0) is 0 Å². The van der Waals surface area contributed by atoms with Gasteiger partial charge in [0.15, 0.2) is 0 Å². The predicted molar refractivity (Wildman–Crippen MR) is 109 cm³/mol. The molecule has 3 aromatic rings. The molecule has 0 aliphatic rings. The van der Waals surface area contributed by atoms with Crippen molar-refractivity contribution >= 4 is 11.8 Å². The van der Waals surface area contributed by atoms with Gasteiger partial charge in [-0.2, -0.15) is 0 Å². The van der Waals surface area contributed by atoms with E-state index in [9.17, 15) is 9.59 Å². The molecular formula is C23H22N2O3. The quantitative estimate of drug-likeness (QED) is 0.672. The fourth-order valence-corrected chi connectivity index (χ4v) is 2.72. The van der Waals surface area contributed by atoms with Gasteiger partial charge in [0.1, 0.15) is 11.5 Å². The first-order valence-corrected chi connectivity index (χ1v) is 8.97. The third kappa shape index (κ3) is 4.76. The van der Waals surface area contributed by atoms with E-state index in [2.05, 4.69) is 5.32 Å². The zero-order chi connectivity index (χ0) is 20.1. The van der Waals surface area contributed by atoms with Crippen molar-refractivity contribution in [2.45, 2.75) is 19.9 Å². The van der Waals surface area contributed by atoms with Gasteiger partial charge in [0, 0.05) is 11.1 Å². The van der Waals surface area contributed by atoms with Gasteiger partial charge in [0.25, 0.3) is 5.91 Å². The van der Waals surface area contributed by atoms with Gasteiger partial charge >= 0.3 is 0 Å². The summed E-state index contributed by atoms with van der Waals surface area (Å²) >= 11 is 0. The molecule has 5 nitrogen and oxygen atoms in total. The van der Waals surface area contributed by atoms with Gasteiger partial charge in [-0.1, -0.05) is 29.8 Å². The van der Waals surface area contributed by atoms with Gasteiger partial charge in [-0.15, -0.1) is 0 Å². The van der Waals surface area contributed by atoms with E-state index in [0.29, 0.717) is 22.6 Å². The van der Waals surface area contributed by atoms with E-state index in [4.69, 9.17) is 10.5 Å². The van der Waals surface area contributed by atoms with Gasteiger partial charge in [0.05, 0.1) is 6.04 Å². The third-order valence-electron chi connectivity index (χ3n) is 4.42. The molecule has 1 unspecified atom stereocenters. The average Bonchev–Trinajstić information content (AvgIpc) is 2.69. The zero-order valence-electron chi connectivity index (χ0n) is 15.8. The van der Waals surface area contributed by atoms with E-state index in [-0.39, 0.29) is 11.9 Å². The Kier molecular flexibility index (Phi) is 5.75. The highest BCUT2D eigenvalue weighted by atomic mass is 16.5. The molecule has 0 saturated carbocycles. The van der Waals surface area contributed by atoms with Crippen molar-refractivity contribution in [2.75, 3.05) is 0 Å². The van der Waals surface area contributed by atoms with Crippen molar-refractivity contribution in [3.63, 3.8) is 0 Å². The standard InChI is InChI=1S/C23H22N2O3/c1-15-3-5-17(6-4-15)16(2)25-23(27)19-9-13-21(14-10-19)28-20-11-7-18(8-12-20)22(24)26/h3-14,16H,1-2H3,(H2,24,26)(H,25,27). The molecule has 28 heavy (non-hydrogen) atoms. The lowest BCUT2D eigenvalue weighted by Gasteiger charge is -2.15. The molecule has 2 amide bonds. The number of primary amides is 1. The van der Waals surface area contributed by atoms with Crippen LogP contribution in [0, 0.1) is 6.92 Å². The van der Waals surface area contributed by atoms with Crippen LogP contribution in [0.15, 0.2) is 72.8 Å². The largest absolute Gasteiger partial charge is 0.457 e. The Morgan fingerprint density at radius 2 is 1.32 bits per heavy atom. The molecule has 0 aliphatic heterocycles. The van der Waals surface area contributed by atoms with Crippen LogP contribution >= 0.6 is 0 Å². The van der Waals surface area contributed by atoms with E-state index < -0.39 is 5.91 Å². The number of hydrogen-bond acceptors (Lipinski definition) is 3. The summed E-state index contributed by atoms with van der Waals surface area (Å²) in [6.45, 7) is 3.98. The van der Waals surface area contributed by atoms with Gasteiger partial charge in [-0.05, 0) is 67.9 Å². The summed E-state index contributed by atoms with van der Waals surface area (Å²) in [6.07, 6.45) is 0. The molecule has 1 atom stereocenters. The summed E-state index contributed by atoms with van der Waals surface area (Å²) in [5.41, 5.74) is 8.43. The van der Waals surface area contributed by atoms with Crippen molar-refractivity contribution in [1.82, 2.24) is 5.32 Å². The number of ether oxygens (including phenoxy) is 1. The van der Waals surface area contributed by atoms with Crippen molar-refractivity contribution in [3.05, 3.63) is 95.1 Å². The zero-order valence-corrected chi connectivity index (χ0v) is 15.8. The first-order valence-electron chi connectivity index (χ1n) is 8.97. The Labute approximate surface area is 164 Å². The fourth-order valence-electron chi connectivity index (χ4n) is 2.72. The lowest BCUT2D eigenvalue weighted by Crippen LogP contribution is -2.26. The fraction of sp³-hybridized carbons (Fsp3) is 0.130. The minimum atomic E-state index is -0.484. The molecule has 0 radical (unpaired) electrons. The molecule has 0 bridgehead atoms. The van der Waals surface area contributed by atoms with E-state index >= 15 is 0 Å². The first-order chi connectivity index (χ1) is 13.4. The molecule has 0 aliphatic carbocycles. The molecule has 0 fully saturated rings. The SMILES string of the molecule is Cc1ccc(C(C)NC(=O)c2ccc(Oc3ccc(C(N)=O)cc3)cc2)cc1. The summed E-state index contributed by atoms with van der Waals surface area (Å²) in [5.74, 6) is 0.539. The Hall–Kier alpha value is -3.60. The summed E-state index contributed by atoms with van der Waals surface area (Å²) in [6, 6.07) is 21.4. The second-order valence-corrected chi connectivity index (χ2v) is 6.62. The second-order valence-electron chi connectivity index (χ2n) is 6.62. The van der Waals surface area contributed by atoms with Gasteiger partial charge in [-0.25, -0.2) is 0 Å². The third-order valence-corrected chi connectivity index (χ3v) is 4.42. The van der Waals surface area contributed by atoms with Gasteiger partial charge in [-0.3, -0.25) is 9.59 Å². The molecule has 0 aromatic heterocycles. The second kappa shape index (κ2) is 8.39. The molecule has 0 saturated heterocycles. The summed E-state index contributed by atoms with van der Waals surface area (Å²) in [5, 5.41) is 2.99. The van der Waals surface area contributed by atoms with Crippen molar-refractivity contribution in [1.29, 1.82) is 0 Å². The number of carbonyl (C=O) groups is 2. The maximum absolute atomic E-state index is 12.5. The monoisotopic (exact) mass is 374 g/mol. The lowest BCUT2D eigenvalue weighted by atomic mass is 10.1. The van der Waals surface area contributed by atoms with Crippen LogP contribution in [-0.4, -0.2) is 11.8 Å². The molecule has 142 valence electrons. The summed E-state index contributed by atoms with van der Waals surface area (Å²) < 4.78 is 5.73. The van der Waals surface area contributed by atoms with Crippen LogP contribution in [0.5, 0.6) is 11.5 Å². The molecule has 3 N–H and O–H groups in total. The Bertz CT molecular complexity index is 962. The van der Waals surface area contributed by atoms with Gasteiger partial charge < -0.3 is 15.8 Å². The maximum Gasteiger partial charge on any atom is 0.251 e. The van der Waals surface area contributed by atoms with Crippen LogP contribution in [0.1, 0.15) is 44.8 Å². The normalized spacial score (nSPS) is 11.5. The van der Waals surface area contributed by atoms with Crippen LogP contribution in [0.25, 0.3) is 0 Å². The Morgan fingerprint density at radius 3 is 1.82 bits per heavy atom. The molecule has 0 spiro atoms. The highest BCUT2D eigenvalue weighted by Gasteiger charge is 2.11. The number of benzene rings is 3. The minimum absolute atomic E-state index is 0.0900. The van der Waals surface area contributed by atoms with Crippen LogP contribution in [0.4, 0.5) is 0 Å². The lowest BCUT2D eigenvalue weighted by molar-refractivity contribution is 0.0938. The molecule has 3 aromatic carbocycles.